The van der Waals surface area contributed by atoms with Crippen LogP contribution in [0.2, 0.25) is 0 Å². The second-order valence-corrected chi connectivity index (χ2v) is 6.19. The second kappa shape index (κ2) is 7.47. The molecule has 0 spiro atoms. The molecule has 0 saturated heterocycles. The van der Waals surface area contributed by atoms with Crippen LogP contribution in [0.4, 0.5) is 0 Å². The van der Waals surface area contributed by atoms with Crippen molar-refractivity contribution < 1.29 is 9.84 Å². The molecule has 0 radical (unpaired) electrons. The van der Waals surface area contributed by atoms with Gasteiger partial charge in [-0.3, -0.25) is 0 Å². The van der Waals surface area contributed by atoms with E-state index >= 15 is 0 Å². The molecule has 0 bridgehead atoms. The van der Waals surface area contributed by atoms with E-state index in [1.165, 1.54) is 11.8 Å². The normalized spacial score (nSPS) is 12.6. The molecule has 0 aliphatic heterocycles. The molecule has 114 valence electrons. The van der Waals surface area contributed by atoms with E-state index in [0.717, 1.165) is 16.5 Å². The fourth-order valence-corrected chi connectivity index (χ4v) is 2.76. The van der Waals surface area contributed by atoms with Crippen LogP contribution in [0.25, 0.3) is 0 Å². The van der Waals surface area contributed by atoms with Crippen LogP contribution in [-0.2, 0) is 0 Å². The van der Waals surface area contributed by atoms with E-state index in [-0.39, 0.29) is 6.61 Å². The van der Waals surface area contributed by atoms with Crippen LogP contribution >= 0.6 is 11.8 Å². The molecule has 5 nitrogen and oxygen atoms in total. The highest BCUT2D eigenvalue weighted by molar-refractivity contribution is 7.99. The lowest BCUT2D eigenvalue weighted by molar-refractivity contribution is 0.126. The highest BCUT2D eigenvalue weighted by Gasteiger charge is 2.12. The molecule has 2 rings (SSSR count). The van der Waals surface area contributed by atoms with Gasteiger partial charge >= 0.3 is 0 Å². The Bertz CT molecular complexity index is 572. The molecule has 1 heterocycles. The molecule has 0 fully saturated rings. The summed E-state index contributed by atoms with van der Waals surface area (Å²) in [6.45, 7) is 6.43. The first kappa shape index (κ1) is 15.9. The fourth-order valence-electron chi connectivity index (χ4n) is 1.81. The number of aromatic nitrogens is 3. The third-order valence-corrected chi connectivity index (χ3v) is 4.04. The van der Waals surface area contributed by atoms with Gasteiger partial charge in [0.1, 0.15) is 18.7 Å². The maximum absolute atomic E-state index is 10.0. The van der Waals surface area contributed by atoms with Crippen molar-refractivity contribution in [3.63, 3.8) is 0 Å². The summed E-state index contributed by atoms with van der Waals surface area (Å²) in [5, 5.41) is 18.8. The maximum atomic E-state index is 10.0. The van der Waals surface area contributed by atoms with E-state index in [1.54, 1.807) is 6.33 Å². The van der Waals surface area contributed by atoms with Crippen LogP contribution in [-0.4, -0.2) is 38.3 Å². The lowest BCUT2D eigenvalue weighted by Gasteiger charge is -2.13. The van der Waals surface area contributed by atoms with Crippen LogP contribution in [0.3, 0.4) is 0 Å². The number of aliphatic hydroxyl groups excluding tert-OH is 1. The quantitative estimate of drug-likeness (QED) is 0.797. The van der Waals surface area contributed by atoms with Crippen molar-refractivity contribution in [1.29, 1.82) is 0 Å². The highest BCUT2D eigenvalue weighted by atomic mass is 32.2. The Labute approximate surface area is 129 Å². The molecule has 0 aliphatic carbocycles. The van der Waals surface area contributed by atoms with Gasteiger partial charge in [0, 0.05) is 11.8 Å². The molecule has 2 aromatic rings. The number of aliphatic hydroxyl groups is 1. The van der Waals surface area contributed by atoms with Crippen molar-refractivity contribution in [2.45, 2.75) is 38.1 Å². The average Bonchev–Trinajstić information content (AvgIpc) is 2.91. The zero-order valence-electron chi connectivity index (χ0n) is 12.6. The lowest BCUT2D eigenvalue weighted by atomic mass is 10.2. The maximum Gasteiger partial charge on any atom is 0.191 e. The summed E-state index contributed by atoms with van der Waals surface area (Å²) in [4.78, 5) is 0. The summed E-state index contributed by atoms with van der Waals surface area (Å²) < 4.78 is 7.57. The summed E-state index contributed by atoms with van der Waals surface area (Å²) in [6.07, 6.45) is 1.16. The molecular weight excluding hydrogens is 286 g/mol. The topological polar surface area (TPSA) is 60.2 Å². The summed E-state index contributed by atoms with van der Waals surface area (Å²) in [5.74, 6) is 1.31. The van der Waals surface area contributed by atoms with Crippen molar-refractivity contribution in [2.75, 3.05) is 12.4 Å². The van der Waals surface area contributed by atoms with Crippen molar-refractivity contribution in [1.82, 2.24) is 14.8 Å². The van der Waals surface area contributed by atoms with E-state index in [4.69, 9.17) is 4.74 Å². The molecule has 1 aromatic heterocycles. The van der Waals surface area contributed by atoms with Crippen molar-refractivity contribution >= 4 is 11.8 Å². The van der Waals surface area contributed by atoms with Crippen LogP contribution in [0.5, 0.6) is 5.75 Å². The number of aryl methyl sites for hydroxylation is 1. The first-order chi connectivity index (χ1) is 10.1. The van der Waals surface area contributed by atoms with Gasteiger partial charge in [-0.2, -0.15) is 0 Å². The summed E-state index contributed by atoms with van der Waals surface area (Å²) in [5.41, 5.74) is 1.14. The van der Waals surface area contributed by atoms with Crippen molar-refractivity contribution in [2.24, 2.45) is 0 Å². The van der Waals surface area contributed by atoms with Crippen LogP contribution < -0.4 is 4.74 Å². The van der Waals surface area contributed by atoms with Gasteiger partial charge in [0.25, 0.3) is 0 Å². The van der Waals surface area contributed by atoms with E-state index in [2.05, 4.69) is 24.0 Å². The average molecular weight is 307 g/mol. The van der Waals surface area contributed by atoms with Gasteiger partial charge in [-0.25, -0.2) is 0 Å². The van der Waals surface area contributed by atoms with Gasteiger partial charge in [-0.1, -0.05) is 23.9 Å². The van der Waals surface area contributed by atoms with E-state index in [1.807, 2.05) is 35.8 Å². The Hall–Kier alpha value is -1.53. The Morgan fingerprint density at radius 1 is 1.38 bits per heavy atom. The van der Waals surface area contributed by atoms with Crippen molar-refractivity contribution in [3.8, 4) is 5.75 Å². The number of ether oxygens (including phenoxy) is 1. The van der Waals surface area contributed by atoms with E-state index in [0.29, 0.717) is 11.8 Å². The SMILES string of the molecule is Cc1cccc(OCC(O)CSc2nncn2C(C)C)c1. The molecule has 1 N–H and O–H groups in total. The minimum absolute atomic E-state index is 0.270. The lowest BCUT2D eigenvalue weighted by Crippen LogP contribution is -2.20. The number of hydrogen-bond donors (Lipinski definition) is 1. The number of benzene rings is 1. The Balaban J connectivity index is 1.79. The molecule has 0 amide bonds. The standard InChI is InChI=1S/C15H21N3O2S/c1-11(2)18-10-16-17-15(18)21-9-13(19)8-20-14-6-4-5-12(3)7-14/h4-7,10-11,13,19H,8-9H2,1-3H3. The Kier molecular flexibility index (Phi) is 5.64. The minimum atomic E-state index is -0.548. The molecular formula is C15H21N3O2S. The molecule has 21 heavy (non-hydrogen) atoms. The predicted molar refractivity (Wildman–Crippen MR) is 83.8 cm³/mol. The third-order valence-electron chi connectivity index (χ3n) is 2.93. The summed E-state index contributed by atoms with van der Waals surface area (Å²) in [6, 6.07) is 8.11. The number of nitrogens with zero attached hydrogens (tertiary/aromatic N) is 3. The molecule has 1 unspecified atom stereocenters. The Morgan fingerprint density at radius 3 is 2.90 bits per heavy atom. The molecule has 0 aliphatic rings. The number of thioether (sulfide) groups is 1. The number of rotatable bonds is 7. The first-order valence-electron chi connectivity index (χ1n) is 6.96. The molecule has 1 aromatic carbocycles. The first-order valence-corrected chi connectivity index (χ1v) is 7.94. The predicted octanol–water partition coefficient (Wildman–Crippen LogP) is 2.70. The van der Waals surface area contributed by atoms with E-state index < -0.39 is 6.10 Å². The second-order valence-electron chi connectivity index (χ2n) is 5.21. The van der Waals surface area contributed by atoms with Gasteiger partial charge in [-0.05, 0) is 38.5 Å². The number of hydrogen-bond acceptors (Lipinski definition) is 5. The minimum Gasteiger partial charge on any atom is -0.491 e. The summed E-state index contributed by atoms with van der Waals surface area (Å²) >= 11 is 1.49. The zero-order valence-corrected chi connectivity index (χ0v) is 13.4. The molecule has 0 saturated carbocycles. The summed E-state index contributed by atoms with van der Waals surface area (Å²) in [7, 11) is 0. The van der Waals surface area contributed by atoms with Gasteiger partial charge in [0.2, 0.25) is 0 Å². The van der Waals surface area contributed by atoms with Gasteiger partial charge in [-0.15, -0.1) is 10.2 Å². The third kappa shape index (κ3) is 4.75. The van der Waals surface area contributed by atoms with Crippen molar-refractivity contribution in [3.05, 3.63) is 36.2 Å². The van der Waals surface area contributed by atoms with E-state index in [9.17, 15) is 5.11 Å². The van der Waals surface area contributed by atoms with Crippen LogP contribution in [0.1, 0.15) is 25.5 Å². The van der Waals surface area contributed by atoms with Gasteiger partial charge in [0.05, 0.1) is 6.10 Å². The van der Waals surface area contributed by atoms with Crippen LogP contribution in [0.15, 0.2) is 35.7 Å². The highest BCUT2D eigenvalue weighted by Crippen LogP contribution is 2.20. The van der Waals surface area contributed by atoms with Gasteiger partial charge in [0.15, 0.2) is 5.16 Å². The molecule has 6 heteroatoms. The Morgan fingerprint density at radius 2 is 2.19 bits per heavy atom. The zero-order chi connectivity index (χ0) is 15.2. The largest absolute Gasteiger partial charge is 0.491 e. The van der Waals surface area contributed by atoms with Crippen LogP contribution in [0, 0.1) is 6.92 Å². The smallest absolute Gasteiger partial charge is 0.191 e. The fraction of sp³-hybridized carbons (Fsp3) is 0.467. The molecule has 1 atom stereocenters. The van der Waals surface area contributed by atoms with Gasteiger partial charge < -0.3 is 14.4 Å². The monoisotopic (exact) mass is 307 g/mol.